The average Bonchev–Trinajstić information content (AvgIpc) is 3.00. The van der Waals surface area contributed by atoms with Crippen molar-refractivity contribution in [3.05, 3.63) is 34.4 Å². The van der Waals surface area contributed by atoms with E-state index in [9.17, 15) is 4.79 Å². The highest BCUT2D eigenvalue weighted by Gasteiger charge is 2.20. The minimum Gasteiger partial charge on any atom is -0.337 e. The maximum Gasteiger partial charge on any atom is 0.257 e. The molecule has 2 aromatic rings. The van der Waals surface area contributed by atoms with Gasteiger partial charge in [-0.2, -0.15) is 10.2 Å². The first-order valence-corrected chi connectivity index (χ1v) is 7.71. The molecule has 2 aromatic heterocycles. The predicted octanol–water partition coefficient (Wildman–Crippen LogP) is 2.32. The summed E-state index contributed by atoms with van der Waals surface area (Å²) in [6.45, 7) is 12.2. The second kappa shape index (κ2) is 6.34. The number of hydrogen-bond donors (Lipinski definition) is 0. The lowest BCUT2D eigenvalue weighted by molar-refractivity contribution is 0.0784. The molecular weight excluding hydrogens is 278 g/mol. The van der Waals surface area contributed by atoms with E-state index in [0.717, 1.165) is 35.7 Å². The highest BCUT2D eigenvalue weighted by atomic mass is 16.2. The third-order valence-corrected chi connectivity index (χ3v) is 4.21. The second-order valence-electron chi connectivity index (χ2n) is 5.59. The van der Waals surface area contributed by atoms with Crippen molar-refractivity contribution in [1.29, 1.82) is 0 Å². The minimum atomic E-state index is 0.000230. The van der Waals surface area contributed by atoms with Crippen LogP contribution in [-0.4, -0.2) is 37.4 Å². The summed E-state index contributed by atoms with van der Waals surface area (Å²) in [4.78, 5) is 14.4. The zero-order chi connectivity index (χ0) is 16.4. The van der Waals surface area contributed by atoms with E-state index in [1.165, 1.54) is 0 Å². The van der Waals surface area contributed by atoms with Gasteiger partial charge in [-0.05, 0) is 34.6 Å². The molecule has 0 saturated heterocycles. The van der Waals surface area contributed by atoms with Gasteiger partial charge in [0, 0.05) is 43.6 Å². The molecule has 0 spiro atoms. The van der Waals surface area contributed by atoms with Crippen LogP contribution in [0.3, 0.4) is 0 Å². The Morgan fingerprint density at radius 1 is 1.14 bits per heavy atom. The van der Waals surface area contributed by atoms with Gasteiger partial charge in [0.1, 0.15) is 0 Å². The smallest absolute Gasteiger partial charge is 0.257 e. The molecule has 0 fully saturated rings. The molecule has 0 unspecified atom stereocenters. The van der Waals surface area contributed by atoms with Gasteiger partial charge in [-0.15, -0.1) is 0 Å². The molecule has 0 bridgehead atoms. The quantitative estimate of drug-likeness (QED) is 0.852. The lowest BCUT2D eigenvalue weighted by Gasteiger charge is -2.17. The van der Waals surface area contributed by atoms with Crippen molar-refractivity contribution < 1.29 is 4.79 Å². The van der Waals surface area contributed by atoms with Crippen LogP contribution in [0.5, 0.6) is 0 Å². The Morgan fingerprint density at radius 3 is 2.27 bits per heavy atom. The molecule has 22 heavy (non-hydrogen) atoms. The molecule has 6 heteroatoms. The molecule has 120 valence electrons. The van der Waals surface area contributed by atoms with Crippen LogP contribution in [0.15, 0.2) is 6.20 Å². The Kier molecular flexibility index (Phi) is 4.68. The first-order chi connectivity index (χ1) is 10.4. The van der Waals surface area contributed by atoms with Crippen LogP contribution in [0.2, 0.25) is 0 Å². The lowest BCUT2D eigenvalue weighted by Crippen LogP contribution is -2.27. The van der Waals surface area contributed by atoms with Crippen molar-refractivity contribution in [3.63, 3.8) is 0 Å². The summed E-state index contributed by atoms with van der Waals surface area (Å²) in [5.74, 6) is 0.000230. The van der Waals surface area contributed by atoms with E-state index in [0.29, 0.717) is 12.1 Å². The molecule has 0 aromatic carbocycles. The molecule has 1 amide bonds. The Balaban J connectivity index is 2.21. The zero-order valence-corrected chi connectivity index (χ0v) is 14.3. The molecular formula is C16H25N5O. The Morgan fingerprint density at radius 2 is 1.77 bits per heavy atom. The Labute approximate surface area is 131 Å². The van der Waals surface area contributed by atoms with Gasteiger partial charge >= 0.3 is 0 Å². The fourth-order valence-electron chi connectivity index (χ4n) is 2.76. The third-order valence-electron chi connectivity index (χ3n) is 4.21. The van der Waals surface area contributed by atoms with Gasteiger partial charge in [-0.1, -0.05) is 0 Å². The molecule has 6 nitrogen and oxygen atoms in total. The summed E-state index contributed by atoms with van der Waals surface area (Å²) in [7, 11) is 1.83. The lowest BCUT2D eigenvalue weighted by atomic mass is 10.1. The van der Waals surface area contributed by atoms with E-state index < -0.39 is 0 Å². The van der Waals surface area contributed by atoms with E-state index in [1.54, 1.807) is 11.1 Å². The summed E-state index contributed by atoms with van der Waals surface area (Å²) in [6.07, 6.45) is 1.66. The fourth-order valence-corrected chi connectivity index (χ4v) is 2.76. The van der Waals surface area contributed by atoms with Crippen molar-refractivity contribution >= 4 is 5.91 Å². The first-order valence-electron chi connectivity index (χ1n) is 7.71. The molecule has 0 aliphatic carbocycles. The van der Waals surface area contributed by atoms with Crippen LogP contribution in [0.25, 0.3) is 0 Å². The number of amides is 1. The molecule has 0 aliphatic heterocycles. The predicted molar refractivity (Wildman–Crippen MR) is 85.8 cm³/mol. The summed E-state index contributed by atoms with van der Waals surface area (Å²) >= 11 is 0. The highest BCUT2D eigenvalue weighted by Crippen LogP contribution is 2.17. The van der Waals surface area contributed by atoms with Crippen molar-refractivity contribution in [2.24, 2.45) is 0 Å². The van der Waals surface area contributed by atoms with Crippen LogP contribution in [-0.2, 0) is 19.6 Å². The topological polar surface area (TPSA) is 56.0 Å². The molecule has 2 heterocycles. The van der Waals surface area contributed by atoms with Gasteiger partial charge in [0.05, 0.1) is 17.5 Å². The largest absolute Gasteiger partial charge is 0.337 e. The average molecular weight is 303 g/mol. The van der Waals surface area contributed by atoms with E-state index in [2.05, 4.69) is 24.0 Å². The van der Waals surface area contributed by atoms with Gasteiger partial charge < -0.3 is 4.90 Å². The van der Waals surface area contributed by atoms with E-state index in [4.69, 9.17) is 0 Å². The Bertz CT molecular complexity index is 683. The molecule has 0 atom stereocenters. The Hall–Kier alpha value is -2.11. The zero-order valence-electron chi connectivity index (χ0n) is 14.3. The van der Waals surface area contributed by atoms with Crippen LogP contribution in [0, 0.1) is 20.8 Å². The molecule has 2 rings (SSSR count). The normalized spacial score (nSPS) is 11.0. The fraction of sp³-hybridized carbons (Fsp3) is 0.562. The van der Waals surface area contributed by atoms with Crippen molar-refractivity contribution in [2.75, 3.05) is 7.05 Å². The summed E-state index contributed by atoms with van der Waals surface area (Å²) < 4.78 is 3.82. The summed E-state index contributed by atoms with van der Waals surface area (Å²) in [5.41, 5.74) is 4.82. The van der Waals surface area contributed by atoms with Crippen molar-refractivity contribution in [2.45, 2.75) is 54.3 Å². The van der Waals surface area contributed by atoms with E-state index in [-0.39, 0.29) is 5.91 Å². The number of carbonyl (C=O) groups excluding carboxylic acids is 1. The van der Waals surface area contributed by atoms with Crippen LogP contribution < -0.4 is 0 Å². The van der Waals surface area contributed by atoms with Gasteiger partial charge in [0.2, 0.25) is 0 Å². The first kappa shape index (κ1) is 16.3. The SMILES string of the molecule is CCn1ncc(C(=O)N(C)Cc2c(C)nn(CC)c2C)c1C. The maximum atomic E-state index is 12.6. The summed E-state index contributed by atoms with van der Waals surface area (Å²) in [5, 5.41) is 8.76. The molecule has 0 radical (unpaired) electrons. The number of aromatic nitrogens is 4. The number of nitrogens with zero attached hydrogens (tertiary/aromatic N) is 5. The molecule has 0 saturated carbocycles. The summed E-state index contributed by atoms with van der Waals surface area (Å²) in [6, 6.07) is 0. The van der Waals surface area contributed by atoms with Crippen LogP contribution in [0.1, 0.15) is 46.9 Å². The highest BCUT2D eigenvalue weighted by molar-refractivity contribution is 5.94. The maximum absolute atomic E-state index is 12.6. The monoisotopic (exact) mass is 303 g/mol. The van der Waals surface area contributed by atoms with Crippen LogP contribution in [0.4, 0.5) is 0 Å². The van der Waals surface area contributed by atoms with Gasteiger partial charge in [-0.3, -0.25) is 14.2 Å². The third kappa shape index (κ3) is 2.77. The number of aryl methyl sites for hydroxylation is 3. The van der Waals surface area contributed by atoms with Crippen molar-refractivity contribution in [3.8, 4) is 0 Å². The van der Waals surface area contributed by atoms with Gasteiger partial charge in [-0.25, -0.2) is 0 Å². The second-order valence-corrected chi connectivity index (χ2v) is 5.59. The van der Waals surface area contributed by atoms with E-state index >= 15 is 0 Å². The van der Waals surface area contributed by atoms with Crippen molar-refractivity contribution in [1.82, 2.24) is 24.5 Å². The van der Waals surface area contributed by atoms with Crippen LogP contribution >= 0.6 is 0 Å². The van der Waals surface area contributed by atoms with Gasteiger partial charge in [0.25, 0.3) is 5.91 Å². The standard InChI is InChI=1S/C16H25N5O/c1-7-20-12(4)14(9-17-20)16(22)19(6)10-15-11(3)18-21(8-2)13(15)5/h9H,7-8,10H2,1-6H3. The molecule has 0 N–H and O–H groups in total. The van der Waals surface area contributed by atoms with E-state index in [1.807, 2.05) is 37.2 Å². The molecule has 0 aliphatic rings. The number of hydrogen-bond acceptors (Lipinski definition) is 3. The number of rotatable bonds is 5. The minimum absolute atomic E-state index is 0.000230. The number of carbonyl (C=O) groups is 1. The van der Waals surface area contributed by atoms with Gasteiger partial charge in [0.15, 0.2) is 0 Å².